The number of carbonyl (C=O) groups excluding carboxylic acids is 3. The highest BCUT2D eigenvalue weighted by Crippen LogP contribution is 2.30. The molecule has 0 aliphatic carbocycles. The fourth-order valence-corrected chi connectivity index (χ4v) is 4.16. The lowest BCUT2D eigenvalue weighted by atomic mass is 10.0. The zero-order valence-electron chi connectivity index (χ0n) is 19.6. The molecule has 4 rings (SSSR count). The maximum absolute atomic E-state index is 13.6. The van der Waals surface area contributed by atoms with Crippen molar-refractivity contribution in [3.63, 3.8) is 0 Å². The van der Waals surface area contributed by atoms with E-state index in [0.717, 1.165) is 18.4 Å². The molecule has 8 nitrogen and oxygen atoms in total. The highest BCUT2D eigenvalue weighted by atomic mass is 16.5. The smallest absolute Gasteiger partial charge is 0.287 e. The molecule has 1 saturated heterocycles. The van der Waals surface area contributed by atoms with Crippen molar-refractivity contribution in [1.29, 1.82) is 0 Å². The molecule has 1 fully saturated rings. The Hall–Kier alpha value is -3.91. The van der Waals surface area contributed by atoms with Gasteiger partial charge in [-0.1, -0.05) is 48.5 Å². The number of hydrogen-bond acceptors (Lipinski definition) is 5. The number of anilines is 1. The minimum absolute atomic E-state index is 0.0365. The number of aryl methyl sites for hydroxylation is 1. The molecule has 8 heteroatoms. The molecule has 1 aliphatic rings. The molecule has 1 aliphatic heterocycles. The van der Waals surface area contributed by atoms with Gasteiger partial charge in [0.25, 0.3) is 5.91 Å². The van der Waals surface area contributed by atoms with Crippen molar-refractivity contribution in [3.8, 4) is 0 Å². The Labute approximate surface area is 204 Å². The van der Waals surface area contributed by atoms with Gasteiger partial charge in [0, 0.05) is 18.8 Å². The number of carbonyl (C=O) groups is 3. The van der Waals surface area contributed by atoms with Crippen molar-refractivity contribution in [3.05, 3.63) is 89.9 Å². The maximum atomic E-state index is 13.6. The predicted molar refractivity (Wildman–Crippen MR) is 131 cm³/mol. The van der Waals surface area contributed by atoms with E-state index in [4.69, 9.17) is 9.15 Å². The van der Waals surface area contributed by atoms with E-state index in [9.17, 15) is 14.4 Å². The van der Waals surface area contributed by atoms with Crippen molar-refractivity contribution >= 4 is 23.4 Å². The highest BCUT2D eigenvalue weighted by Gasteiger charge is 2.34. The van der Waals surface area contributed by atoms with Crippen molar-refractivity contribution < 1.29 is 23.5 Å². The van der Waals surface area contributed by atoms with E-state index in [1.165, 1.54) is 17.2 Å². The van der Waals surface area contributed by atoms with Gasteiger partial charge in [0.15, 0.2) is 5.76 Å². The first kappa shape index (κ1) is 24.2. The van der Waals surface area contributed by atoms with Crippen LogP contribution < -0.4 is 15.5 Å². The molecule has 2 aromatic carbocycles. The lowest BCUT2D eigenvalue weighted by Gasteiger charge is -2.33. The summed E-state index contributed by atoms with van der Waals surface area (Å²) in [5.74, 6) is -1.15. The van der Waals surface area contributed by atoms with E-state index in [0.29, 0.717) is 24.4 Å². The van der Waals surface area contributed by atoms with E-state index in [2.05, 4.69) is 10.6 Å². The molecular formula is C27H29N3O5. The summed E-state index contributed by atoms with van der Waals surface area (Å²) < 4.78 is 10.8. The van der Waals surface area contributed by atoms with Gasteiger partial charge >= 0.3 is 0 Å². The monoisotopic (exact) mass is 475 g/mol. The second-order valence-corrected chi connectivity index (χ2v) is 8.40. The summed E-state index contributed by atoms with van der Waals surface area (Å²) in [6, 6.07) is 18.7. The molecule has 182 valence electrons. The third kappa shape index (κ3) is 5.96. The van der Waals surface area contributed by atoms with Gasteiger partial charge in [-0.3, -0.25) is 19.3 Å². The van der Waals surface area contributed by atoms with Crippen molar-refractivity contribution in [1.82, 2.24) is 10.6 Å². The van der Waals surface area contributed by atoms with E-state index in [1.54, 1.807) is 12.1 Å². The lowest BCUT2D eigenvalue weighted by molar-refractivity contribution is -0.126. The van der Waals surface area contributed by atoms with E-state index in [1.807, 2.05) is 55.5 Å². The van der Waals surface area contributed by atoms with Crippen molar-refractivity contribution in [2.75, 3.05) is 24.6 Å². The summed E-state index contributed by atoms with van der Waals surface area (Å²) in [4.78, 5) is 41.1. The fourth-order valence-electron chi connectivity index (χ4n) is 4.16. The first-order valence-electron chi connectivity index (χ1n) is 11.7. The molecule has 0 radical (unpaired) electrons. The van der Waals surface area contributed by atoms with Crippen LogP contribution in [0.4, 0.5) is 5.69 Å². The maximum Gasteiger partial charge on any atom is 0.287 e. The first-order valence-corrected chi connectivity index (χ1v) is 11.7. The Morgan fingerprint density at radius 2 is 1.77 bits per heavy atom. The summed E-state index contributed by atoms with van der Waals surface area (Å²) in [7, 11) is 0. The molecule has 0 bridgehead atoms. The van der Waals surface area contributed by atoms with Gasteiger partial charge < -0.3 is 19.8 Å². The zero-order chi connectivity index (χ0) is 24.6. The lowest BCUT2D eigenvalue weighted by Crippen LogP contribution is -2.48. The Morgan fingerprint density at radius 1 is 1.00 bits per heavy atom. The Kier molecular flexibility index (Phi) is 7.95. The van der Waals surface area contributed by atoms with E-state index in [-0.39, 0.29) is 24.3 Å². The highest BCUT2D eigenvalue weighted by molar-refractivity contribution is 6.04. The number of benzene rings is 2. The summed E-state index contributed by atoms with van der Waals surface area (Å²) in [6.45, 7) is 2.62. The van der Waals surface area contributed by atoms with Crippen LogP contribution in [0.3, 0.4) is 0 Å². The zero-order valence-corrected chi connectivity index (χ0v) is 19.6. The number of nitrogens with one attached hydrogen (secondary N) is 2. The fraction of sp³-hybridized carbons (Fsp3) is 0.296. The Morgan fingerprint density at radius 3 is 2.46 bits per heavy atom. The minimum Gasteiger partial charge on any atom is -0.459 e. The Bertz CT molecular complexity index is 1140. The van der Waals surface area contributed by atoms with Crippen LogP contribution in [0.25, 0.3) is 0 Å². The first-order chi connectivity index (χ1) is 17.0. The van der Waals surface area contributed by atoms with Gasteiger partial charge in [-0.15, -0.1) is 0 Å². The molecule has 1 aromatic heterocycles. The standard InChI is InChI=1S/C27H29N3O5/c1-19-9-5-6-13-22(19)30(24(31)18-29-26(32)23-14-8-16-35-23)25(20-10-3-2-4-11-20)27(33)28-17-21-12-7-15-34-21/h2-6,8-11,13-14,16,21,25H,7,12,15,17-18H2,1H3,(H,28,33)(H,29,32). The quantitative estimate of drug-likeness (QED) is 0.494. The minimum atomic E-state index is -0.938. The third-order valence-electron chi connectivity index (χ3n) is 5.94. The number of nitrogens with zero attached hydrogens (tertiary/aromatic N) is 1. The third-order valence-corrected chi connectivity index (χ3v) is 5.94. The van der Waals surface area contributed by atoms with Crippen LogP contribution >= 0.6 is 0 Å². The van der Waals surface area contributed by atoms with Crippen LogP contribution in [0.5, 0.6) is 0 Å². The summed E-state index contributed by atoms with van der Waals surface area (Å²) >= 11 is 0. The molecule has 0 saturated carbocycles. The molecular weight excluding hydrogens is 446 g/mol. The number of ether oxygens (including phenoxy) is 1. The molecule has 0 spiro atoms. The average Bonchev–Trinajstić information content (AvgIpc) is 3.60. The van der Waals surface area contributed by atoms with Gasteiger partial charge in [0.05, 0.1) is 18.9 Å². The average molecular weight is 476 g/mol. The van der Waals surface area contributed by atoms with E-state index >= 15 is 0 Å². The van der Waals surface area contributed by atoms with Crippen molar-refractivity contribution in [2.24, 2.45) is 0 Å². The van der Waals surface area contributed by atoms with Crippen LogP contribution in [0.15, 0.2) is 77.4 Å². The summed E-state index contributed by atoms with van der Waals surface area (Å²) in [6.07, 6.45) is 3.20. The molecule has 2 atom stereocenters. The molecule has 3 amide bonds. The summed E-state index contributed by atoms with van der Waals surface area (Å²) in [5, 5.41) is 5.58. The van der Waals surface area contributed by atoms with Crippen LogP contribution in [0.1, 0.15) is 40.6 Å². The second-order valence-electron chi connectivity index (χ2n) is 8.40. The van der Waals surface area contributed by atoms with Gasteiger partial charge in [0.2, 0.25) is 11.8 Å². The number of para-hydroxylation sites is 1. The van der Waals surface area contributed by atoms with Crippen molar-refractivity contribution in [2.45, 2.75) is 31.9 Å². The van der Waals surface area contributed by atoms with Crippen LogP contribution in [0.2, 0.25) is 0 Å². The largest absolute Gasteiger partial charge is 0.459 e. The van der Waals surface area contributed by atoms with Crippen LogP contribution in [-0.2, 0) is 14.3 Å². The SMILES string of the molecule is Cc1ccccc1N(C(=O)CNC(=O)c1ccco1)C(C(=O)NCC1CCCO1)c1ccccc1. The summed E-state index contributed by atoms with van der Waals surface area (Å²) in [5.41, 5.74) is 2.07. The second kappa shape index (κ2) is 11.5. The van der Waals surface area contributed by atoms with Gasteiger partial charge in [0.1, 0.15) is 6.04 Å². The normalized spacial score (nSPS) is 15.9. The molecule has 2 heterocycles. The van der Waals surface area contributed by atoms with Crippen LogP contribution in [0, 0.1) is 6.92 Å². The Balaban J connectivity index is 1.64. The molecule has 2 unspecified atom stereocenters. The van der Waals surface area contributed by atoms with Gasteiger partial charge in [-0.25, -0.2) is 0 Å². The number of amides is 3. The number of hydrogen-bond donors (Lipinski definition) is 2. The molecule has 35 heavy (non-hydrogen) atoms. The topological polar surface area (TPSA) is 101 Å². The number of rotatable bonds is 9. The molecule has 3 aromatic rings. The van der Waals surface area contributed by atoms with E-state index < -0.39 is 17.9 Å². The van der Waals surface area contributed by atoms with Gasteiger partial charge in [-0.2, -0.15) is 0 Å². The van der Waals surface area contributed by atoms with Gasteiger partial charge in [-0.05, 0) is 49.1 Å². The van der Waals surface area contributed by atoms with Crippen LogP contribution in [-0.4, -0.2) is 43.5 Å². The predicted octanol–water partition coefficient (Wildman–Crippen LogP) is 3.39. The molecule has 2 N–H and O–H groups in total. The number of furan rings is 1.